The highest BCUT2D eigenvalue weighted by Crippen LogP contribution is 2.35. The Morgan fingerprint density at radius 2 is 1.88 bits per heavy atom. The summed E-state index contributed by atoms with van der Waals surface area (Å²) in [4.78, 5) is 19.3. The first kappa shape index (κ1) is 29.1. The summed E-state index contributed by atoms with van der Waals surface area (Å²) < 4.78 is 37.3. The monoisotopic (exact) mass is 590 g/mol. The van der Waals surface area contributed by atoms with E-state index >= 15 is 0 Å². The molecule has 6 rings (SSSR count). The molecule has 2 fully saturated rings. The van der Waals surface area contributed by atoms with Gasteiger partial charge in [-0.1, -0.05) is 6.07 Å². The van der Waals surface area contributed by atoms with Crippen molar-refractivity contribution in [3.05, 3.63) is 72.5 Å². The SMILES string of the molecule is COCCCN1CCOc2ccc(OC[C@H]3CNCC(=O)N3c3ccc(O[C@H]4CCN(c5cccc(F)c5)C4)cc3)cc21. The van der Waals surface area contributed by atoms with Gasteiger partial charge in [-0.15, -0.1) is 0 Å². The highest BCUT2D eigenvalue weighted by Gasteiger charge is 2.30. The maximum Gasteiger partial charge on any atom is 0.241 e. The Hall–Kier alpha value is -4.02. The molecule has 0 aliphatic carbocycles. The van der Waals surface area contributed by atoms with Gasteiger partial charge in [0.05, 0.1) is 31.4 Å². The van der Waals surface area contributed by atoms with Gasteiger partial charge in [-0.05, 0) is 61.0 Å². The zero-order chi connectivity index (χ0) is 29.6. The summed E-state index contributed by atoms with van der Waals surface area (Å²) in [5, 5.41) is 3.22. The zero-order valence-corrected chi connectivity index (χ0v) is 24.5. The van der Waals surface area contributed by atoms with Crippen LogP contribution in [0.2, 0.25) is 0 Å². The van der Waals surface area contributed by atoms with E-state index in [2.05, 4.69) is 15.1 Å². The van der Waals surface area contributed by atoms with Crippen LogP contribution < -0.4 is 34.2 Å². The predicted octanol–water partition coefficient (Wildman–Crippen LogP) is 4.10. The van der Waals surface area contributed by atoms with Crippen molar-refractivity contribution in [2.45, 2.75) is 25.0 Å². The number of piperazine rings is 1. The van der Waals surface area contributed by atoms with Gasteiger partial charge in [0.2, 0.25) is 5.91 Å². The van der Waals surface area contributed by atoms with E-state index < -0.39 is 0 Å². The molecule has 0 bridgehead atoms. The lowest BCUT2D eigenvalue weighted by atomic mass is 10.1. The summed E-state index contributed by atoms with van der Waals surface area (Å²) >= 11 is 0. The molecule has 2 atom stereocenters. The number of amides is 1. The van der Waals surface area contributed by atoms with Gasteiger partial charge in [0, 0.05) is 57.2 Å². The van der Waals surface area contributed by atoms with Crippen molar-refractivity contribution in [1.82, 2.24) is 5.32 Å². The van der Waals surface area contributed by atoms with E-state index in [1.807, 2.05) is 53.4 Å². The van der Waals surface area contributed by atoms with Crippen molar-refractivity contribution in [3.8, 4) is 17.2 Å². The van der Waals surface area contributed by atoms with E-state index in [1.54, 1.807) is 19.2 Å². The molecule has 228 valence electrons. The van der Waals surface area contributed by atoms with Gasteiger partial charge >= 0.3 is 0 Å². The second-order valence-corrected chi connectivity index (χ2v) is 11.1. The molecule has 43 heavy (non-hydrogen) atoms. The molecule has 0 aromatic heterocycles. The number of hydrogen-bond acceptors (Lipinski definition) is 8. The third-order valence-electron chi connectivity index (χ3n) is 8.13. The van der Waals surface area contributed by atoms with E-state index in [-0.39, 0.29) is 30.4 Å². The van der Waals surface area contributed by atoms with Crippen LogP contribution in [0.25, 0.3) is 0 Å². The molecule has 3 aliphatic rings. The highest BCUT2D eigenvalue weighted by atomic mass is 19.1. The summed E-state index contributed by atoms with van der Waals surface area (Å²) in [6, 6.07) is 20.1. The molecule has 3 heterocycles. The molecule has 3 aliphatic heterocycles. The lowest BCUT2D eigenvalue weighted by Crippen LogP contribution is -2.57. The molecule has 0 spiro atoms. The molecule has 0 saturated carbocycles. The van der Waals surface area contributed by atoms with Gasteiger partial charge in [0.25, 0.3) is 0 Å². The van der Waals surface area contributed by atoms with E-state index in [0.717, 1.165) is 66.8 Å². The lowest BCUT2D eigenvalue weighted by molar-refractivity contribution is -0.119. The summed E-state index contributed by atoms with van der Waals surface area (Å²) in [5.74, 6) is 2.11. The van der Waals surface area contributed by atoms with Gasteiger partial charge in [-0.25, -0.2) is 4.39 Å². The van der Waals surface area contributed by atoms with Crippen LogP contribution in [0.5, 0.6) is 17.2 Å². The van der Waals surface area contributed by atoms with Crippen molar-refractivity contribution in [2.24, 2.45) is 0 Å². The fourth-order valence-corrected chi connectivity index (χ4v) is 5.99. The van der Waals surface area contributed by atoms with Crippen molar-refractivity contribution < 1.29 is 28.1 Å². The van der Waals surface area contributed by atoms with Crippen molar-refractivity contribution in [2.75, 3.05) is 80.9 Å². The molecular formula is C33H39FN4O5. The third-order valence-corrected chi connectivity index (χ3v) is 8.13. The number of anilines is 3. The van der Waals surface area contributed by atoms with Crippen molar-refractivity contribution in [3.63, 3.8) is 0 Å². The van der Waals surface area contributed by atoms with E-state index in [0.29, 0.717) is 32.9 Å². The number of carbonyl (C=O) groups is 1. The zero-order valence-electron chi connectivity index (χ0n) is 24.5. The van der Waals surface area contributed by atoms with Crippen LogP contribution in [0.15, 0.2) is 66.7 Å². The van der Waals surface area contributed by atoms with Crippen LogP contribution in [-0.4, -0.2) is 84.3 Å². The van der Waals surface area contributed by atoms with Crippen LogP contribution in [0, 0.1) is 5.82 Å². The fraction of sp³-hybridized carbons (Fsp3) is 0.424. The molecule has 9 nitrogen and oxygen atoms in total. The second-order valence-electron chi connectivity index (χ2n) is 11.1. The standard InChI is InChI=1S/C33H39FN4O5/c1-40-16-3-13-36-15-17-41-32-11-10-29(19-31(32)36)42-23-27-20-35-21-33(39)38(27)25-6-8-28(9-7-25)43-30-12-14-37(22-30)26-5-2-4-24(34)18-26/h2,4-11,18-19,27,30,35H,3,12-17,20-23H2,1H3/t27-,30+/m1/s1. The number of carbonyl (C=O) groups excluding carboxylic acids is 1. The third kappa shape index (κ3) is 6.97. The van der Waals surface area contributed by atoms with Gasteiger partial charge in [0.15, 0.2) is 0 Å². The normalized spacial score (nSPS) is 20.1. The Morgan fingerprint density at radius 1 is 1.02 bits per heavy atom. The van der Waals surface area contributed by atoms with E-state index in [1.165, 1.54) is 6.07 Å². The van der Waals surface area contributed by atoms with E-state index in [9.17, 15) is 9.18 Å². The maximum absolute atomic E-state index is 13.7. The summed E-state index contributed by atoms with van der Waals surface area (Å²) in [5.41, 5.74) is 2.70. The van der Waals surface area contributed by atoms with Crippen LogP contribution >= 0.6 is 0 Å². The van der Waals surface area contributed by atoms with E-state index in [4.69, 9.17) is 18.9 Å². The van der Waals surface area contributed by atoms with Gasteiger partial charge in [0.1, 0.15) is 42.4 Å². The molecule has 2 saturated heterocycles. The predicted molar refractivity (Wildman–Crippen MR) is 164 cm³/mol. The molecule has 3 aromatic carbocycles. The first-order chi connectivity index (χ1) is 21.1. The smallest absolute Gasteiger partial charge is 0.241 e. The Kier molecular flexibility index (Phi) is 9.14. The number of fused-ring (bicyclic) bond motifs is 1. The van der Waals surface area contributed by atoms with Crippen molar-refractivity contribution in [1.29, 1.82) is 0 Å². The molecule has 0 radical (unpaired) electrons. The molecule has 1 amide bonds. The Bertz CT molecular complexity index is 1390. The average molecular weight is 591 g/mol. The maximum atomic E-state index is 13.7. The van der Waals surface area contributed by atoms with Gasteiger partial charge in [-0.2, -0.15) is 0 Å². The Labute approximate surface area is 252 Å². The number of halogens is 1. The van der Waals surface area contributed by atoms with Gasteiger partial charge in [-0.3, -0.25) is 4.79 Å². The first-order valence-corrected chi connectivity index (χ1v) is 15.0. The number of ether oxygens (including phenoxy) is 4. The van der Waals surface area contributed by atoms with Crippen LogP contribution in [0.4, 0.5) is 21.5 Å². The summed E-state index contributed by atoms with van der Waals surface area (Å²) in [6.07, 6.45) is 1.80. The number of hydrogen-bond donors (Lipinski definition) is 1. The number of methoxy groups -OCH3 is 1. The lowest BCUT2D eigenvalue weighted by Gasteiger charge is -2.36. The van der Waals surface area contributed by atoms with Crippen molar-refractivity contribution >= 4 is 23.0 Å². The molecule has 0 unspecified atom stereocenters. The second kappa shape index (κ2) is 13.5. The van der Waals surface area contributed by atoms with Crippen LogP contribution in [-0.2, 0) is 9.53 Å². The molecule has 1 N–H and O–H groups in total. The Balaban J connectivity index is 1.07. The largest absolute Gasteiger partial charge is 0.491 e. The Morgan fingerprint density at radius 3 is 2.72 bits per heavy atom. The number of rotatable bonds is 11. The summed E-state index contributed by atoms with van der Waals surface area (Å²) in [7, 11) is 1.72. The minimum atomic E-state index is -0.235. The minimum Gasteiger partial charge on any atom is -0.491 e. The van der Waals surface area contributed by atoms with Crippen LogP contribution in [0.1, 0.15) is 12.8 Å². The fourth-order valence-electron chi connectivity index (χ4n) is 5.99. The molecule has 3 aromatic rings. The average Bonchev–Trinajstić information content (AvgIpc) is 3.49. The summed E-state index contributed by atoms with van der Waals surface area (Å²) in [6.45, 7) is 5.83. The topological polar surface area (TPSA) is 75.7 Å². The highest BCUT2D eigenvalue weighted by molar-refractivity contribution is 5.96. The molecule has 10 heteroatoms. The quantitative estimate of drug-likeness (QED) is 0.335. The van der Waals surface area contributed by atoms with Gasteiger partial charge < -0.3 is 39.0 Å². The first-order valence-electron chi connectivity index (χ1n) is 15.0. The van der Waals surface area contributed by atoms with Crippen LogP contribution in [0.3, 0.4) is 0 Å². The number of nitrogens with one attached hydrogen (secondary N) is 1. The number of nitrogens with zero attached hydrogens (tertiary/aromatic N) is 3. The number of benzene rings is 3. The molecular weight excluding hydrogens is 551 g/mol. The minimum absolute atomic E-state index is 0.00166.